The van der Waals surface area contributed by atoms with Crippen molar-refractivity contribution in [2.24, 2.45) is 0 Å². The van der Waals surface area contributed by atoms with Gasteiger partial charge in [-0.2, -0.15) is 0 Å². The third kappa shape index (κ3) is 5.79. The Kier molecular flexibility index (Phi) is 5.22. The zero-order chi connectivity index (χ0) is 14.7. The molecule has 0 unspecified atom stereocenters. The Morgan fingerprint density at radius 3 is 2.37 bits per heavy atom. The van der Waals surface area contributed by atoms with Gasteiger partial charge in [0.25, 0.3) is 0 Å². The maximum Gasteiger partial charge on any atom is 0.233 e. The van der Waals surface area contributed by atoms with Crippen LogP contribution in [0.2, 0.25) is 5.02 Å². The summed E-state index contributed by atoms with van der Waals surface area (Å²) in [5, 5.41) is 3.97. The van der Waals surface area contributed by atoms with E-state index in [0.717, 1.165) is 18.5 Å². The van der Waals surface area contributed by atoms with Gasteiger partial charge in [0.2, 0.25) is 5.88 Å². The van der Waals surface area contributed by atoms with Crippen molar-refractivity contribution in [1.29, 1.82) is 0 Å². The van der Waals surface area contributed by atoms with Crippen LogP contribution in [0.25, 0.3) is 0 Å². The highest BCUT2D eigenvalue weighted by molar-refractivity contribution is 6.31. The van der Waals surface area contributed by atoms with Gasteiger partial charge >= 0.3 is 0 Å². The van der Waals surface area contributed by atoms with E-state index < -0.39 is 0 Å². The maximum absolute atomic E-state index is 6.23. The Bertz CT molecular complexity index is 425. The number of hydrogen-bond donors (Lipinski definition) is 1. The number of rotatable bonds is 5. The molecule has 0 fully saturated rings. The first-order valence-electron chi connectivity index (χ1n) is 6.71. The van der Waals surface area contributed by atoms with Crippen LogP contribution in [0.3, 0.4) is 0 Å². The molecule has 0 aliphatic heterocycles. The summed E-state index contributed by atoms with van der Waals surface area (Å²) in [5.74, 6) is 0.507. The SMILES string of the molecule is CCC(C)(C)Oc1ncc(CNC(C)(C)C)cc1Cl. The monoisotopic (exact) mass is 284 g/mol. The first kappa shape index (κ1) is 16.3. The molecular weight excluding hydrogens is 260 g/mol. The Morgan fingerprint density at radius 2 is 1.89 bits per heavy atom. The quantitative estimate of drug-likeness (QED) is 0.880. The highest BCUT2D eigenvalue weighted by Gasteiger charge is 2.19. The highest BCUT2D eigenvalue weighted by Crippen LogP contribution is 2.27. The van der Waals surface area contributed by atoms with Gasteiger partial charge in [-0.3, -0.25) is 0 Å². The van der Waals surface area contributed by atoms with E-state index in [1.54, 1.807) is 0 Å². The van der Waals surface area contributed by atoms with Crippen molar-refractivity contribution in [2.45, 2.75) is 65.6 Å². The second kappa shape index (κ2) is 6.10. The first-order chi connectivity index (χ1) is 8.63. The molecule has 0 aromatic carbocycles. The summed E-state index contributed by atoms with van der Waals surface area (Å²) in [6.07, 6.45) is 2.71. The van der Waals surface area contributed by atoms with E-state index in [2.05, 4.69) is 38.0 Å². The second-order valence-corrected chi connectivity index (χ2v) is 6.86. The van der Waals surface area contributed by atoms with Crippen LogP contribution in [0, 0.1) is 0 Å². The predicted octanol–water partition coefficient (Wildman–Crippen LogP) is 4.19. The minimum absolute atomic E-state index is 0.0752. The third-order valence-electron chi connectivity index (χ3n) is 2.91. The molecule has 0 spiro atoms. The minimum Gasteiger partial charge on any atom is -0.471 e. The molecular formula is C15H25ClN2O. The lowest BCUT2D eigenvalue weighted by atomic mass is 10.1. The molecule has 0 radical (unpaired) electrons. The van der Waals surface area contributed by atoms with E-state index in [1.807, 2.05) is 26.1 Å². The summed E-state index contributed by atoms with van der Waals surface area (Å²) in [6, 6.07) is 1.91. The average Bonchev–Trinajstić information content (AvgIpc) is 2.28. The van der Waals surface area contributed by atoms with Crippen LogP contribution in [-0.2, 0) is 6.54 Å². The van der Waals surface area contributed by atoms with Crippen LogP contribution in [0.5, 0.6) is 5.88 Å². The van der Waals surface area contributed by atoms with E-state index in [0.29, 0.717) is 10.9 Å². The van der Waals surface area contributed by atoms with Gasteiger partial charge < -0.3 is 10.1 Å². The molecule has 0 saturated carbocycles. The molecule has 1 rings (SSSR count). The number of hydrogen-bond acceptors (Lipinski definition) is 3. The normalized spacial score (nSPS) is 12.6. The van der Waals surface area contributed by atoms with Gasteiger partial charge in [-0.25, -0.2) is 4.98 Å². The molecule has 4 heteroatoms. The van der Waals surface area contributed by atoms with Crippen LogP contribution >= 0.6 is 11.6 Å². The Hall–Kier alpha value is -0.800. The highest BCUT2D eigenvalue weighted by atomic mass is 35.5. The molecule has 3 nitrogen and oxygen atoms in total. The van der Waals surface area contributed by atoms with Crippen LogP contribution in [0.1, 0.15) is 53.5 Å². The fourth-order valence-electron chi connectivity index (χ4n) is 1.34. The lowest BCUT2D eigenvalue weighted by molar-refractivity contribution is 0.0991. The summed E-state index contributed by atoms with van der Waals surface area (Å²) >= 11 is 6.23. The summed E-state index contributed by atoms with van der Waals surface area (Å²) in [6.45, 7) is 13.3. The van der Waals surface area contributed by atoms with Crippen molar-refractivity contribution >= 4 is 11.6 Å². The molecule has 1 N–H and O–H groups in total. The Balaban J connectivity index is 2.75. The van der Waals surface area contributed by atoms with Crippen molar-refractivity contribution in [3.05, 3.63) is 22.8 Å². The van der Waals surface area contributed by atoms with Crippen molar-refractivity contribution in [3.8, 4) is 5.88 Å². The van der Waals surface area contributed by atoms with Gasteiger partial charge in [-0.1, -0.05) is 18.5 Å². The van der Waals surface area contributed by atoms with Crippen molar-refractivity contribution < 1.29 is 4.74 Å². The van der Waals surface area contributed by atoms with E-state index in [1.165, 1.54) is 0 Å². The molecule has 19 heavy (non-hydrogen) atoms. The number of ether oxygens (including phenoxy) is 1. The summed E-state index contributed by atoms with van der Waals surface area (Å²) in [4.78, 5) is 4.32. The summed E-state index contributed by atoms with van der Waals surface area (Å²) in [5.41, 5.74) is 0.884. The second-order valence-electron chi connectivity index (χ2n) is 6.45. The minimum atomic E-state index is -0.248. The fraction of sp³-hybridized carbons (Fsp3) is 0.667. The van der Waals surface area contributed by atoms with Crippen molar-refractivity contribution in [2.75, 3.05) is 0 Å². The molecule has 0 aliphatic carbocycles. The van der Waals surface area contributed by atoms with E-state index in [9.17, 15) is 0 Å². The molecule has 0 atom stereocenters. The first-order valence-corrected chi connectivity index (χ1v) is 7.09. The topological polar surface area (TPSA) is 34.1 Å². The number of nitrogens with one attached hydrogen (secondary N) is 1. The predicted molar refractivity (Wildman–Crippen MR) is 80.8 cm³/mol. The van der Waals surface area contributed by atoms with Gasteiger partial charge in [0.1, 0.15) is 10.6 Å². The number of aromatic nitrogens is 1. The van der Waals surface area contributed by atoms with Crippen LogP contribution in [-0.4, -0.2) is 16.1 Å². The summed E-state index contributed by atoms with van der Waals surface area (Å²) in [7, 11) is 0. The zero-order valence-electron chi connectivity index (χ0n) is 12.8. The van der Waals surface area contributed by atoms with Gasteiger partial charge in [-0.05, 0) is 52.7 Å². The molecule has 1 heterocycles. The molecule has 0 bridgehead atoms. The Morgan fingerprint density at radius 1 is 1.26 bits per heavy atom. The molecule has 0 aliphatic rings. The average molecular weight is 285 g/mol. The molecule has 0 amide bonds. The number of pyridine rings is 1. The maximum atomic E-state index is 6.23. The lowest BCUT2D eigenvalue weighted by Gasteiger charge is -2.25. The largest absolute Gasteiger partial charge is 0.471 e. The van der Waals surface area contributed by atoms with Crippen LogP contribution in [0.15, 0.2) is 12.3 Å². The van der Waals surface area contributed by atoms with Gasteiger partial charge in [0, 0.05) is 18.3 Å². The molecule has 1 aromatic heterocycles. The van der Waals surface area contributed by atoms with E-state index in [4.69, 9.17) is 16.3 Å². The zero-order valence-corrected chi connectivity index (χ0v) is 13.6. The fourth-order valence-corrected chi connectivity index (χ4v) is 1.57. The van der Waals surface area contributed by atoms with Gasteiger partial charge in [-0.15, -0.1) is 0 Å². The Labute approximate surface area is 121 Å². The van der Waals surface area contributed by atoms with Gasteiger partial charge in [0.15, 0.2) is 0 Å². The molecule has 1 aromatic rings. The van der Waals surface area contributed by atoms with Crippen LogP contribution < -0.4 is 10.1 Å². The van der Waals surface area contributed by atoms with Crippen molar-refractivity contribution in [1.82, 2.24) is 10.3 Å². The molecule has 0 saturated heterocycles. The molecule has 108 valence electrons. The van der Waals surface area contributed by atoms with E-state index >= 15 is 0 Å². The standard InChI is InChI=1S/C15H25ClN2O/c1-7-15(5,6)19-13-12(16)8-11(9-17-13)10-18-14(2,3)4/h8-9,18H,7,10H2,1-6H3. The lowest BCUT2D eigenvalue weighted by Crippen LogP contribution is -2.35. The number of nitrogens with zero attached hydrogens (tertiary/aromatic N) is 1. The van der Waals surface area contributed by atoms with E-state index in [-0.39, 0.29) is 11.1 Å². The smallest absolute Gasteiger partial charge is 0.233 e. The van der Waals surface area contributed by atoms with Crippen LogP contribution in [0.4, 0.5) is 0 Å². The summed E-state index contributed by atoms with van der Waals surface area (Å²) < 4.78 is 5.82. The van der Waals surface area contributed by atoms with Gasteiger partial charge in [0.05, 0.1) is 0 Å². The number of halogens is 1. The third-order valence-corrected chi connectivity index (χ3v) is 3.18. The van der Waals surface area contributed by atoms with Crippen molar-refractivity contribution in [3.63, 3.8) is 0 Å².